The van der Waals surface area contributed by atoms with Gasteiger partial charge in [0.25, 0.3) is 0 Å². The number of aromatic nitrogens is 1. The molecule has 5 heteroatoms. The Bertz CT molecular complexity index is 321. The molecule has 1 heterocycles. The summed E-state index contributed by atoms with van der Waals surface area (Å²) in [4.78, 5) is 6.15. The monoisotopic (exact) mass is 253 g/mol. The third-order valence-corrected chi connectivity index (χ3v) is 3.05. The number of likely N-dealkylation sites (N-methyl/N-ethyl adjacent to an activating group) is 1. The van der Waals surface area contributed by atoms with E-state index in [0.29, 0.717) is 6.61 Å². The first-order valence-electron chi connectivity index (χ1n) is 6.21. The normalized spacial score (nSPS) is 14.7. The van der Waals surface area contributed by atoms with E-state index >= 15 is 0 Å². The van der Waals surface area contributed by atoms with Crippen LogP contribution in [0.1, 0.15) is 12.5 Å². The summed E-state index contributed by atoms with van der Waals surface area (Å²) < 4.78 is 5.06. The predicted octanol–water partition coefficient (Wildman–Crippen LogP) is 0.238. The van der Waals surface area contributed by atoms with Crippen molar-refractivity contribution >= 4 is 0 Å². The van der Waals surface area contributed by atoms with Gasteiger partial charge in [0.1, 0.15) is 0 Å². The van der Waals surface area contributed by atoms with E-state index in [-0.39, 0.29) is 18.7 Å². The van der Waals surface area contributed by atoms with Gasteiger partial charge in [0.2, 0.25) is 0 Å². The second-order valence-electron chi connectivity index (χ2n) is 4.29. The van der Waals surface area contributed by atoms with Crippen molar-refractivity contribution in [1.29, 1.82) is 0 Å². The van der Waals surface area contributed by atoms with E-state index in [4.69, 9.17) is 10.5 Å². The Morgan fingerprint density at radius 1 is 1.44 bits per heavy atom. The SMILES string of the molecule is CCN(Cc1ccncc1)C(CO)C(N)COC. The van der Waals surface area contributed by atoms with Crippen LogP contribution in [0.15, 0.2) is 24.5 Å². The highest BCUT2D eigenvalue weighted by molar-refractivity contribution is 5.09. The minimum atomic E-state index is -0.193. The van der Waals surface area contributed by atoms with Crippen molar-refractivity contribution in [2.75, 3.05) is 26.9 Å². The summed E-state index contributed by atoms with van der Waals surface area (Å²) >= 11 is 0. The quantitative estimate of drug-likeness (QED) is 0.694. The highest BCUT2D eigenvalue weighted by Gasteiger charge is 2.23. The molecule has 5 nitrogen and oxygen atoms in total. The fraction of sp³-hybridized carbons (Fsp3) is 0.615. The highest BCUT2D eigenvalue weighted by Crippen LogP contribution is 2.09. The van der Waals surface area contributed by atoms with Crippen molar-refractivity contribution < 1.29 is 9.84 Å². The summed E-state index contributed by atoms with van der Waals surface area (Å²) in [7, 11) is 1.62. The number of methoxy groups -OCH3 is 1. The Morgan fingerprint density at radius 2 is 2.11 bits per heavy atom. The maximum absolute atomic E-state index is 9.51. The lowest BCUT2D eigenvalue weighted by atomic mass is 10.1. The van der Waals surface area contributed by atoms with Gasteiger partial charge in [-0.05, 0) is 24.2 Å². The molecule has 0 saturated carbocycles. The zero-order valence-corrected chi connectivity index (χ0v) is 11.1. The molecular weight excluding hydrogens is 230 g/mol. The molecule has 0 aliphatic heterocycles. The third kappa shape index (κ3) is 4.34. The number of aliphatic hydroxyl groups is 1. The molecular formula is C13H23N3O2. The summed E-state index contributed by atoms with van der Waals surface area (Å²) in [5.41, 5.74) is 7.19. The molecule has 0 amide bonds. The van der Waals surface area contributed by atoms with Crippen LogP contribution in [0.4, 0.5) is 0 Å². The van der Waals surface area contributed by atoms with Crippen molar-refractivity contribution in [2.45, 2.75) is 25.6 Å². The van der Waals surface area contributed by atoms with E-state index in [2.05, 4.69) is 16.8 Å². The van der Waals surface area contributed by atoms with Crippen LogP contribution >= 0.6 is 0 Å². The average molecular weight is 253 g/mol. The van der Waals surface area contributed by atoms with Crippen LogP contribution in [0.2, 0.25) is 0 Å². The Kier molecular flexibility index (Phi) is 6.82. The molecule has 0 bridgehead atoms. The topological polar surface area (TPSA) is 71.6 Å². The van der Waals surface area contributed by atoms with Crippen LogP contribution in [0.25, 0.3) is 0 Å². The van der Waals surface area contributed by atoms with Gasteiger partial charge < -0.3 is 15.6 Å². The van der Waals surface area contributed by atoms with Crippen LogP contribution in [0, 0.1) is 0 Å². The molecule has 0 saturated heterocycles. The second kappa shape index (κ2) is 8.16. The standard InChI is InChI=1S/C13H23N3O2/c1-3-16(8-11-4-6-15-7-5-11)13(9-17)12(14)10-18-2/h4-7,12-13,17H,3,8-10,14H2,1-2H3. The summed E-state index contributed by atoms with van der Waals surface area (Å²) in [6, 6.07) is 3.66. The van der Waals surface area contributed by atoms with Crippen molar-refractivity contribution in [1.82, 2.24) is 9.88 Å². The van der Waals surface area contributed by atoms with E-state index in [9.17, 15) is 5.11 Å². The third-order valence-electron chi connectivity index (χ3n) is 3.05. The number of hydrogen-bond acceptors (Lipinski definition) is 5. The molecule has 3 N–H and O–H groups in total. The summed E-state index contributed by atoms with van der Waals surface area (Å²) in [5.74, 6) is 0. The first-order valence-corrected chi connectivity index (χ1v) is 6.21. The smallest absolute Gasteiger partial charge is 0.0629 e. The molecule has 0 spiro atoms. The molecule has 1 aromatic heterocycles. The maximum atomic E-state index is 9.51. The first kappa shape index (κ1) is 15.0. The van der Waals surface area contributed by atoms with Gasteiger partial charge in [-0.2, -0.15) is 0 Å². The van der Waals surface area contributed by atoms with Crippen LogP contribution < -0.4 is 5.73 Å². The molecule has 1 aromatic rings. The molecule has 2 unspecified atom stereocenters. The fourth-order valence-electron chi connectivity index (χ4n) is 2.01. The number of nitrogens with two attached hydrogens (primary N) is 1. The van der Waals surface area contributed by atoms with Gasteiger partial charge in [0, 0.05) is 32.1 Å². The van der Waals surface area contributed by atoms with Gasteiger partial charge in [0.15, 0.2) is 0 Å². The predicted molar refractivity (Wildman–Crippen MR) is 71.0 cm³/mol. The summed E-state index contributed by atoms with van der Waals surface area (Å²) in [6.07, 6.45) is 3.54. The summed E-state index contributed by atoms with van der Waals surface area (Å²) in [5, 5.41) is 9.51. The van der Waals surface area contributed by atoms with Gasteiger partial charge in [-0.15, -0.1) is 0 Å². The number of aliphatic hydroxyl groups excluding tert-OH is 1. The molecule has 102 valence electrons. The molecule has 1 rings (SSSR count). The van der Waals surface area contributed by atoms with Gasteiger partial charge in [-0.1, -0.05) is 6.92 Å². The average Bonchev–Trinajstić information content (AvgIpc) is 2.40. The van der Waals surface area contributed by atoms with Crippen molar-refractivity contribution in [2.24, 2.45) is 5.73 Å². The van der Waals surface area contributed by atoms with Crippen molar-refractivity contribution in [3.63, 3.8) is 0 Å². The van der Waals surface area contributed by atoms with Crippen LogP contribution in [0.3, 0.4) is 0 Å². The van der Waals surface area contributed by atoms with Gasteiger partial charge in [-0.25, -0.2) is 0 Å². The largest absolute Gasteiger partial charge is 0.395 e. The van der Waals surface area contributed by atoms with Crippen LogP contribution in [-0.4, -0.2) is 53.9 Å². The lowest BCUT2D eigenvalue weighted by molar-refractivity contribution is 0.0691. The Labute approximate surface area is 109 Å². The zero-order chi connectivity index (χ0) is 13.4. The molecule has 0 radical (unpaired) electrons. The molecule has 0 aromatic carbocycles. The molecule has 0 fully saturated rings. The highest BCUT2D eigenvalue weighted by atomic mass is 16.5. The molecule has 0 aliphatic carbocycles. The van der Waals surface area contributed by atoms with Gasteiger partial charge in [-0.3, -0.25) is 9.88 Å². The van der Waals surface area contributed by atoms with Crippen LogP contribution in [-0.2, 0) is 11.3 Å². The second-order valence-corrected chi connectivity index (χ2v) is 4.29. The lowest BCUT2D eigenvalue weighted by Gasteiger charge is -2.33. The Balaban J connectivity index is 2.68. The number of nitrogens with zero attached hydrogens (tertiary/aromatic N) is 2. The van der Waals surface area contributed by atoms with Crippen molar-refractivity contribution in [3.05, 3.63) is 30.1 Å². The van der Waals surface area contributed by atoms with Gasteiger partial charge >= 0.3 is 0 Å². The Morgan fingerprint density at radius 3 is 2.61 bits per heavy atom. The maximum Gasteiger partial charge on any atom is 0.0629 e. The van der Waals surface area contributed by atoms with E-state index in [0.717, 1.165) is 18.7 Å². The number of pyridine rings is 1. The first-order chi connectivity index (χ1) is 8.72. The number of hydrogen-bond donors (Lipinski definition) is 2. The minimum absolute atomic E-state index is 0.0312. The minimum Gasteiger partial charge on any atom is -0.395 e. The van der Waals surface area contributed by atoms with E-state index < -0.39 is 0 Å². The lowest BCUT2D eigenvalue weighted by Crippen LogP contribution is -2.51. The molecule has 0 aliphatic rings. The van der Waals surface area contributed by atoms with Crippen LogP contribution in [0.5, 0.6) is 0 Å². The van der Waals surface area contributed by atoms with E-state index in [1.54, 1.807) is 19.5 Å². The van der Waals surface area contributed by atoms with E-state index in [1.165, 1.54) is 0 Å². The number of rotatable bonds is 8. The van der Waals surface area contributed by atoms with Gasteiger partial charge in [0.05, 0.1) is 19.3 Å². The molecule has 18 heavy (non-hydrogen) atoms. The van der Waals surface area contributed by atoms with E-state index in [1.807, 2.05) is 12.1 Å². The van der Waals surface area contributed by atoms with Crippen molar-refractivity contribution in [3.8, 4) is 0 Å². The number of ether oxygens (including phenoxy) is 1. The molecule has 2 atom stereocenters. The zero-order valence-electron chi connectivity index (χ0n) is 11.1. The summed E-state index contributed by atoms with van der Waals surface area (Å²) in [6.45, 7) is 4.11. The fourth-order valence-corrected chi connectivity index (χ4v) is 2.01. The Hall–Kier alpha value is -1.01.